The van der Waals surface area contributed by atoms with Gasteiger partial charge in [-0.2, -0.15) is 0 Å². The third-order valence-corrected chi connectivity index (χ3v) is 3.98. The SMILES string of the molecule is COC(=O)C1(O)C=CC(N)=C2C(=O)N(c3ccccc3)C(=O)C21. The second-order valence-corrected chi connectivity index (χ2v) is 5.27. The lowest BCUT2D eigenvalue weighted by molar-refractivity contribution is -0.163. The van der Waals surface area contributed by atoms with Gasteiger partial charge in [0.2, 0.25) is 5.91 Å². The summed E-state index contributed by atoms with van der Waals surface area (Å²) in [7, 11) is 1.09. The van der Waals surface area contributed by atoms with E-state index in [9.17, 15) is 19.5 Å². The smallest absolute Gasteiger partial charge is 0.343 e. The van der Waals surface area contributed by atoms with Crippen LogP contribution in [-0.2, 0) is 19.1 Å². The van der Waals surface area contributed by atoms with Crippen molar-refractivity contribution in [3.8, 4) is 0 Å². The number of methoxy groups -OCH3 is 1. The minimum Gasteiger partial charge on any atom is -0.467 e. The average molecular weight is 314 g/mol. The molecule has 0 radical (unpaired) electrons. The molecule has 1 fully saturated rings. The Morgan fingerprint density at radius 2 is 1.96 bits per heavy atom. The van der Waals surface area contributed by atoms with Crippen LogP contribution in [0, 0.1) is 5.92 Å². The summed E-state index contributed by atoms with van der Waals surface area (Å²) in [5, 5.41) is 10.6. The molecule has 1 aromatic rings. The maximum absolute atomic E-state index is 12.7. The van der Waals surface area contributed by atoms with Crippen LogP contribution in [0.15, 0.2) is 53.8 Å². The second-order valence-electron chi connectivity index (χ2n) is 5.27. The first kappa shape index (κ1) is 15.0. The number of aliphatic hydroxyl groups is 1. The number of carbonyl (C=O) groups excluding carboxylic acids is 3. The summed E-state index contributed by atoms with van der Waals surface area (Å²) >= 11 is 0. The molecule has 2 aliphatic rings. The zero-order valence-corrected chi connectivity index (χ0v) is 12.2. The number of amides is 2. The fraction of sp³-hybridized carbons (Fsp3) is 0.188. The van der Waals surface area contributed by atoms with Crippen LogP contribution in [-0.4, -0.2) is 35.6 Å². The number of allylic oxidation sites excluding steroid dienone is 1. The van der Waals surface area contributed by atoms with Crippen LogP contribution >= 0.6 is 0 Å². The van der Waals surface area contributed by atoms with Gasteiger partial charge in [-0.15, -0.1) is 0 Å². The molecule has 23 heavy (non-hydrogen) atoms. The zero-order valence-electron chi connectivity index (χ0n) is 12.2. The molecule has 2 atom stereocenters. The third kappa shape index (κ3) is 1.97. The molecule has 2 unspecified atom stereocenters. The van der Waals surface area contributed by atoms with Gasteiger partial charge >= 0.3 is 5.97 Å². The Labute approximate surface area is 131 Å². The molecule has 1 aliphatic carbocycles. The number of nitrogens with two attached hydrogens (primary N) is 1. The molecule has 0 bridgehead atoms. The van der Waals surface area contributed by atoms with E-state index >= 15 is 0 Å². The number of benzene rings is 1. The molecule has 1 saturated heterocycles. The van der Waals surface area contributed by atoms with Gasteiger partial charge in [0.25, 0.3) is 5.91 Å². The summed E-state index contributed by atoms with van der Waals surface area (Å²) in [5.41, 5.74) is 3.82. The molecular weight excluding hydrogens is 300 g/mol. The number of rotatable bonds is 2. The Balaban J connectivity index is 2.15. The highest BCUT2D eigenvalue weighted by atomic mass is 16.5. The molecule has 0 saturated carbocycles. The molecule has 7 heteroatoms. The van der Waals surface area contributed by atoms with Crippen LogP contribution < -0.4 is 10.6 Å². The number of ether oxygens (including phenoxy) is 1. The second kappa shape index (κ2) is 5.06. The normalized spacial score (nSPS) is 26.5. The van der Waals surface area contributed by atoms with Gasteiger partial charge in [-0.3, -0.25) is 9.59 Å². The highest BCUT2D eigenvalue weighted by molar-refractivity contribution is 6.31. The number of carbonyl (C=O) groups is 3. The molecular formula is C16H14N2O5. The Morgan fingerprint density at radius 1 is 1.30 bits per heavy atom. The number of imide groups is 1. The lowest BCUT2D eigenvalue weighted by Gasteiger charge is -2.29. The maximum Gasteiger partial charge on any atom is 0.343 e. The molecule has 0 aromatic heterocycles. The predicted octanol–water partition coefficient (Wildman–Crippen LogP) is -0.137. The minimum absolute atomic E-state index is 0.0420. The van der Waals surface area contributed by atoms with Crippen molar-refractivity contribution >= 4 is 23.5 Å². The van der Waals surface area contributed by atoms with Crippen molar-refractivity contribution in [2.45, 2.75) is 5.60 Å². The molecule has 2 amide bonds. The van der Waals surface area contributed by atoms with E-state index in [2.05, 4.69) is 4.74 Å². The molecule has 1 aromatic carbocycles. The molecule has 7 nitrogen and oxygen atoms in total. The van der Waals surface area contributed by atoms with Gasteiger partial charge in [0.05, 0.1) is 18.4 Å². The van der Waals surface area contributed by atoms with E-state index in [0.717, 1.165) is 18.1 Å². The van der Waals surface area contributed by atoms with E-state index < -0.39 is 29.3 Å². The summed E-state index contributed by atoms with van der Waals surface area (Å²) in [6.45, 7) is 0. The van der Waals surface area contributed by atoms with E-state index in [1.807, 2.05) is 0 Å². The number of nitrogens with zero attached hydrogens (tertiary/aromatic N) is 1. The molecule has 118 valence electrons. The van der Waals surface area contributed by atoms with Crippen molar-refractivity contribution in [2.75, 3.05) is 12.0 Å². The van der Waals surface area contributed by atoms with Crippen LogP contribution in [0.5, 0.6) is 0 Å². The lowest BCUT2D eigenvalue weighted by Crippen LogP contribution is -2.50. The lowest BCUT2D eigenvalue weighted by atomic mass is 9.78. The van der Waals surface area contributed by atoms with Crippen molar-refractivity contribution in [1.82, 2.24) is 0 Å². The number of esters is 1. The van der Waals surface area contributed by atoms with Gasteiger partial charge in [-0.05, 0) is 24.3 Å². The Bertz CT molecular complexity index is 768. The van der Waals surface area contributed by atoms with Crippen LogP contribution in [0.3, 0.4) is 0 Å². The van der Waals surface area contributed by atoms with Crippen LogP contribution in [0.4, 0.5) is 5.69 Å². The van der Waals surface area contributed by atoms with Gasteiger partial charge in [0.15, 0.2) is 5.60 Å². The number of hydrogen-bond donors (Lipinski definition) is 2. The van der Waals surface area contributed by atoms with Crippen LogP contribution in [0.25, 0.3) is 0 Å². The molecule has 1 aliphatic heterocycles. The van der Waals surface area contributed by atoms with Crippen molar-refractivity contribution in [3.63, 3.8) is 0 Å². The summed E-state index contributed by atoms with van der Waals surface area (Å²) in [6.07, 6.45) is 2.32. The van der Waals surface area contributed by atoms with Crippen molar-refractivity contribution in [1.29, 1.82) is 0 Å². The maximum atomic E-state index is 12.7. The summed E-state index contributed by atoms with van der Waals surface area (Å²) < 4.78 is 4.58. The van der Waals surface area contributed by atoms with Gasteiger partial charge in [-0.1, -0.05) is 18.2 Å². The fourth-order valence-corrected chi connectivity index (χ4v) is 2.87. The first-order valence-corrected chi connectivity index (χ1v) is 6.85. The highest BCUT2D eigenvalue weighted by Gasteiger charge is 2.59. The van der Waals surface area contributed by atoms with Crippen molar-refractivity contribution in [3.05, 3.63) is 53.8 Å². The summed E-state index contributed by atoms with van der Waals surface area (Å²) in [4.78, 5) is 38.3. The van der Waals surface area contributed by atoms with E-state index in [1.165, 1.54) is 6.08 Å². The number of anilines is 1. The molecule has 0 spiro atoms. The third-order valence-electron chi connectivity index (χ3n) is 3.98. The van der Waals surface area contributed by atoms with Gasteiger partial charge < -0.3 is 15.6 Å². The largest absolute Gasteiger partial charge is 0.467 e. The number of fused-ring (bicyclic) bond motifs is 1. The Kier molecular flexibility index (Phi) is 3.30. The Morgan fingerprint density at radius 3 is 2.57 bits per heavy atom. The highest BCUT2D eigenvalue weighted by Crippen LogP contribution is 2.41. The standard InChI is InChI=1S/C16H14N2O5/c1-23-15(21)16(22)8-7-10(17)11-12(16)14(20)18(13(11)19)9-5-3-2-4-6-9/h2-8,12,22H,17H2,1H3. The summed E-state index contributed by atoms with van der Waals surface area (Å²) in [6, 6.07) is 8.23. The van der Waals surface area contributed by atoms with E-state index in [1.54, 1.807) is 30.3 Å². The van der Waals surface area contributed by atoms with E-state index in [0.29, 0.717) is 5.69 Å². The first-order chi connectivity index (χ1) is 10.9. The quantitative estimate of drug-likeness (QED) is 0.581. The topological polar surface area (TPSA) is 110 Å². The van der Waals surface area contributed by atoms with Crippen LogP contribution in [0.1, 0.15) is 0 Å². The van der Waals surface area contributed by atoms with Gasteiger partial charge in [0, 0.05) is 5.70 Å². The zero-order chi connectivity index (χ0) is 16.8. The number of para-hydroxylation sites is 1. The minimum atomic E-state index is -2.26. The average Bonchev–Trinajstić information content (AvgIpc) is 2.83. The van der Waals surface area contributed by atoms with Crippen LogP contribution in [0.2, 0.25) is 0 Å². The summed E-state index contributed by atoms with van der Waals surface area (Å²) in [5.74, 6) is -3.83. The first-order valence-electron chi connectivity index (χ1n) is 6.85. The van der Waals surface area contributed by atoms with E-state index in [4.69, 9.17) is 5.73 Å². The van der Waals surface area contributed by atoms with E-state index in [-0.39, 0.29) is 11.3 Å². The predicted molar refractivity (Wildman–Crippen MR) is 79.7 cm³/mol. The molecule has 3 rings (SSSR count). The van der Waals surface area contributed by atoms with Gasteiger partial charge in [-0.25, -0.2) is 9.69 Å². The molecule has 1 heterocycles. The Hall–Kier alpha value is -2.93. The fourth-order valence-electron chi connectivity index (χ4n) is 2.87. The van der Waals surface area contributed by atoms with Gasteiger partial charge in [0.1, 0.15) is 5.92 Å². The molecule has 3 N–H and O–H groups in total. The van der Waals surface area contributed by atoms with Crippen molar-refractivity contribution in [2.24, 2.45) is 11.7 Å². The number of hydrogen-bond acceptors (Lipinski definition) is 6. The monoisotopic (exact) mass is 314 g/mol. The van der Waals surface area contributed by atoms with Crippen molar-refractivity contribution < 1.29 is 24.2 Å².